The number of rotatable bonds is 2. The van der Waals surface area contributed by atoms with Gasteiger partial charge in [-0.2, -0.15) is 0 Å². The van der Waals surface area contributed by atoms with Gasteiger partial charge in [0.2, 0.25) is 0 Å². The van der Waals surface area contributed by atoms with Crippen LogP contribution >= 0.6 is 0 Å². The molecule has 0 atom stereocenters. The van der Waals surface area contributed by atoms with E-state index in [1.807, 2.05) is 0 Å². The van der Waals surface area contributed by atoms with E-state index in [2.05, 4.69) is 11.7 Å². The first-order valence-corrected chi connectivity index (χ1v) is 6.50. The Labute approximate surface area is 115 Å². The highest BCUT2D eigenvalue weighted by Gasteiger charge is 2.31. The number of hydrogen-bond donors (Lipinski definition) is 0. The maximum absolute atomic E-state index is 12.2. The predicted octanol–water partition coefficient (Wildman–Crippen LogP) is 3.46. The molecule has 6 heteroatoms. The number of halogens is 3. The van der Waals surface area contributed by atoms with Gasteiger partial charge in [-0.25, -0.2) is 0 Å². The van der Waals surface area contributed by atoms with Crippen LogP contribution in [0.4, 0.5) is 13.2 Å². The molecule has 1 saturated heterocycles. The zero-order valence-corrected chi connectivity index (χ0v) is 11.1. The number of alkyl halides is 3. The average molecular weight is 287 g/mol. The summed E-state index contributed by atoms with van der Waals surface area (Å²) in [5.41, 5.74) is 0.223. The normalized spacial score (nSPS) is 17.1. The molecule has 1 aliphatic heterocycles. The zero-order valence-electron chi connectivity index (χ0n) is 11.1. The highest BCUT2D eigenvalue weighted by Crippen LogP contribution is 2.24. The molecule has 110 valence electrons. The van der Waals surface area contributed by atoms with Crippen molar-refractivity contribution in [2.45, 2.75) is 26.1 Å². The first kappa shape index (κ1) is 14.7. The first-order valence-electron chi connectivity index (χ1n) is 6.50. The second-order valence-corrected chi connectivity index (χ2v) is 5.05. The Bertz CT molecular complexity index is 480. The molecule has 1 heterocycles. The molecule has 1 aromatic carbocycles. The van der Waals surface area contributed by atoms with Gasteiger partial charge in [-0.05, 0) is 37.0 Å². The topological polar surface area (TPSA) is 29.5 Å². The summed E-state index contributed by atoms with van der Waals surface area (Å²) in [4.78, 5) is 13.9. The Morgan fingerprint density at radius 1 is 1.30 bits per heavy atom. The number of likely N-dealkylation sites (tertiary alicyclic amines) is 1. The average Bonchev–Trinajstić information content (AvgIpc) is 2.37. The van der Waals surface area contributed by atoms with Gasteiger partial charge in [-0.1, -0.05) is 13.0 Å². The van der Waals surface area contributed by atoms with E-state index >= 15 is 0 Å². The Kier molecular flexibility index (Phi) is 4.20. The number of piperidine rings is 1. The number of nitrogens with zero attached hydrogens (tertiary/aromatic N) is 1. The fourth-order valence-electron chi connectivity index (χ4n) is 2.22. The van der Waals surface area contributed by atoms with Gasteiger partial charge >= 0.3 is 6.36 Å². The fourth-order valence-corrected chi connectivity index (χ4v) is 2.22. The summed E-state index contributed by atoms with van der Waals surface area (Å²) in [5.74, 6) is -0.0304. The van der Waals surface area contributed by atoms with Gasteiger partial charge in [0.15, 0.2) is 0 Å². The van der Waals surface area contributed by atoms with E-state index in [1.165, 1.54) is 18.2 Å². The lowest BCUT2D eigenvalue weighted by molar-refractivity contribution is -0.274. The molecule has 2 rings (SSSR count). The van der Waals surface area contributed by atoms with Crippen LogP contribution < -0.4 is 4.74 Å². The number of hydrogen-bond acceptors (Lipinski definition) is 2. The lowest BCUT2D eigenvalue weighted by Gasteiger charge is -2.30. The largest absolute Gasteiger partial charge is 0.573 e. The van der Waals surface area contributed by atoms with Crippen molar-refractivity contribution in [2.24, 2.45) is 5.92 Å². The minimum absolute atomic E-state index is 0.223. The van der Waals surface area contributed by atoms with Crippen molar-refractivity contribution in [3.8, 4) is 5.75 Å². The van der Waals surface area contributed by atoms with Crippen molar-refractivity contribution in [1.29, 1.82) is 0 Å². The molecule has 0 N–H and O–H groups in total. The highest BCUT2D eigenvalue weighted by molar-refractivity contribution is 5.94. The van der Waals surface area contributed by atoms with Crippen molar-refractivity contribution >= 4 is 5.91 Å². The third-order valence-corrected chi connectivity index (χ3v) is 3.39. The van der Waals surface area contributed by atoms with E-state index in [0.29, 0.717) is 19.0 Å². The van der Waals surface area contributed by atoms with E-state index in [4.69, 9.17) is 0 Å². The molecular weight excluding hydrogens is 271 g/mol. The van der Waals surface area contributed by atoms with Crippen molar-refractivity contribution in [1.82, 2.24) is 4.90 Å². The molecular formula is C14H16F3NO2. The van der Waals surface area contributed by atoms with E-state index in [-0.39, 0.29) is 17.2 Å². The van der Waals surface area contributed by atoms with Crippen LogP contribution in [0.5, 0.6) is 5.75 Å². The lowest BCUT2D eigenvalue weighted by atomic mass is 9.98. The quantitative estimate of drug-likeness (QED) is 0.833. The zero-order chi connectivity index (χ0) is 14.8. The van der Waals surface area contributed by atoms with E-state index in [9.17, 15) is 18.0 Å². The molecule has 0 radical (unpaired) electrons. The Hall–Kier alpha value is -1.72. The van der Waals surface area contributed by atoms with Crippen molar-refractivity contribution < 1.29 is 22.7 Å². The van der Waals surface area contributed by atoms with Crippen molar-refractivity contribution in [3.05, 3.63) is 29.8 Å². The number of amides is 1. The van der Waals surface area contributed by atoms with Gasteiger partial charge in [-0.15, -0.1) is 13.2 Å². The second kappa shape index (κ2) is 5.73. The van der Waals surface area contributed by atoms with E-state index in [0.717, 1.165) is 18.9 Å². The minimum atomic E-state index is -4.75. The molecule has 1 aliphatic rings. The third-order valence-electron chi connectivity index (χ3n) is 3.39. The maximum Gasteiger partial charge on any atom is 0.573 e. The van der Waals surface area contributed by atoms with Crippen LogP contribution in [0, 0.1) is 5.92 Å². The van der Waals surface area contributed by atoms with Crippen molar-refractivity contribution in [3.63, 3.8) is 0 Å². The fraction of sp³-hybridized carbons (Fsp3) is 0.500. The SMILES string of the molecule is CC1CCN(C(=O)c2cccc(OC(F)(F)F)c2)CC1. The molecule has 0 aliphatic carbocycles. The Morgan fingerprint density at radius 2 is 1.95 bits per heavy atom. The van der Waals surface area contributed by atoms with Gasteiger partial charge in [0.05, 0.1) is 0 Å². The summed E-state index contributed by atoms with van der Waals surface area (Å²) < 4.78 is 40.3. The number of ether oxygens (including phenoxy) is 1. The van der Waals surface area contributed by atoms with E-state index < -0.39 is 6.36 Å². The molecule has 1 fully saturated rings. The first-order chi connectivity index (χ1) is 9.35. The number of benzene rings is 1. The van der Waals surface area contributed by atoms with Crippen LogP contribution in [-0.2, 0) is 0 Å². The van der Waals surface area contributed by atoms with Crippen LogP contribution in [0.1, 0.15) is 30.1 Å². The van der Waals surface area contributed by atoms with Crippen LogP contribution in [-0.4, -0.2) is 30.3 Å². The molecule has 1 aromatic rings. The Morgan fingerprint density at radius 3 is 2.55 bits per heavy atom. The van der Waals surface area contributed by atoms with Gasteiger partial charge in [0.1, 0.15) is 5.75 Å². The summed E-state index contributed by atoms with van der Waals surface area (Å²) >= 11 is 0. The molecule has 0 unspecified atom stereocenters. The monoisotopic (exact) mass is 287 g/mol. The van der Waals surface area contributed by atoms with Crippen LogP contribution in [0.2, 0.25) is 0 Å². The molecule has 0 bridgehead atoms. The summed E-state index contributed by atoms with van der Waals surface area (Å²) in [6.07, 6.45) is -2.91. The summed E-state index contributed by atoms with van der Waals surface area (Å²) in [5, 5.41) is 0. The molecule has 1 amide bonds. The van der Waals surface area contributed by atoms with Gasteiger partial charge in [-0.3, -0.25) is 4.79 Å². The van der Waals surface area contributed by atoms with Gasteiger partial charge < -0.3 is 9.64 Å². The predicted molar refractivity (Wildman–Crippen MR) is 67.4 cm³/mol. The third kappa shape index (κ3) is 3.88. The molecule has 0 aromatic heterocycles. The standard InChI is InChI=1S/C14H16F3NO2/c1-10-5-7-18(8-6-10)13(19)11-3-2-4-12(9-11)20-14(15,16)17/h2-4,9-10H,5-8H2,1H3. The summed E-state index contributed by atoms with van der Waals surface area (Å²) in [6, 6.07) is 5.21. The molecule has 0 spiro atoms. The summed E-state index contributed by atoms with van der Waals surface area (Å²) in [6.45, 7) is 3.41. The highest BCUT2D eigenvalue weighted by atomic mass is 19.4. The van der Waals surface area contributed by atoms with Crippen LogP contribution in [0.25, 0.3) is 0 Å². The van der Waals surface area contributed by atoms with Crippen LogP contribution in [0.15, 0.2) is 24.3 Å². The Balaban J connectivity index is 2.08. The number of carbonyl (C=O) groups excluding carboxylic acids is 1. The molecule has 0 saturated carbocycles. The van der Waals surface area contributed by atoms with E-state index in [1.54, 1.807) is 4.90 Å². The second-order valence-electron chi connectivity index (χ2n) is 5.05. The van der Waals surface area contributed by atoms with Gasteiger partial charge in [0, 0.05) is 18.7 Å². The molecule has 3 nitrogen and oxygen atoms in total. The van der Waals surface area contributed by atoms with Crippen molar-refractivity contribution in [2.75, 3.05) is 13.1 Å². The maximum atomic E-state index is 12.2. The number of carbonyl (C=O) groups is 1. The van der Waals surface area contributed by atoms with Crippen LogP contribution in [0.3, 0.4) is 0 Å². The molecule has 20 heavy (non-hydrogen) atoms. The smallest absolute Gasteiger partial charge is 0.406 e. The van der Waals surface area contributed by atoms with Gasteiger partial charge in [0.25, 0.3) is 5.91 Å². The summed E-state index contributed by atoms with van der Waals surface area (Å²) in [7, 11) is 0. The lowest BCUT2D eigenvalue weighted by Crippen LogP contribution is -2.37. The minimum Gasteiger partial charge on any atom is -0.406 e.